The Morgan fingerprint density at radius 3 is 1.17 bits per heavy atom. The molecule has 0 unspecified atom stereocenters. The number of benzene rings is 8. The summed E-state index contributed by atoms with van der Waals surface area (Å²) >= 11 is 0. The van der Waals surface area contributed by atoms with E-state index in [0.29, 0.717) is 5.56 Å². The largest absolute Gasteiger partial charge is 0.289 e. The van der Waals surface area contributed by atoms with Crippen LogP contribution in [0.2, 0.25) is 0 Å². The van der Waals surface area contributed by atoms with Crippen molar-refractivity contribution < 1.29 is 4.79 Å². The Morgan fingerprint density at radius 1 is 0.308 bits per heavy atom. The summed E-state index contributed by atoms with van der Waals surface area (Å²) in [6.45, 7) is 0. The average molecular weight is 665 g/mol. The van der Waals surface area contributed by atoms with Crippen LogP contribution in [0.3, 0.4) is 0 Å². The van der Waals surface area contributed by atoms with E-state index in [2.05, 4.69) is 164 Å². The predicted octanol–water partition coefficient (Wildman–Crippen LogP) is 13.6. The second-order valence-corrected chi connectivity index (χ2v) is 12.9. The molecule has 8 rings (SSSR count). The molecule has 0 amide bonds. The van der Waals surface area contributed by atoms with Crippen molar-refractivity contribution in [1.82, 2.24) is 0 Å². The zero-order valence-corrected chi connectivity index (χ0v) is 28.7. The lowest BCUT2D eigenvalue weighted by molar-refractivity contribution is 0.104. The first-order chi connectivity index (χ1) is 25.7. The fourth-order valence-corrected chi connectivity index (χ4v) is 6.86. The zero-order valence-electron chi connectivity index (χ0n) is 28.7. The van der Waals surface area contributed by atoms with Crippen LogP contribution in [-0.4, -0.2) is 5.78 Å². The third-order valence-corrected chi connectivity index (χ3v) is 9.52. The van der Waals surface area contributed by atoms with Crippen molar-refractivity contribution in [3.63, 3.8) is 0 Å². The maximum Gasteiger partial charge on any atom is 0.186 e. The van der Waals surface area contributed by atoms with Gasteiger partial charge in [-0.05, 0) is 103 Å². The summed E-state index contributed by atoms with van der Waals surface area (Å²) < 4.78 is 0. The van der Waals surface area contributed by atoms with Crippen molar-refractivity contribution in [3.8, 4) is 66.8 Å². The topological polar surface area (TPSA) is 17.1 Å². The van der Waals surface area contributed by atoms with E-state index in [1.807, 2.05) is 48.5 Å². The van der Waals surface area contributed by atoms with Gasteiger partial charge in [-0.1, -0.05) is 188 Å². The van der Waals surface area contributed by atoms with Gasteiger partial charge in [0.25, 0.3) is 0 Å². The van der Waals surface area contributed by atoms with Crippen molar-refractivity contribution in [1.29, 1.82) is 0 Å². The SMILES string of the molecule is O=C(/C=C/c1ccccc1-c1cccc(-c2cccc(-c3ccccc3)c2)c1)c1ccccc1-c1cccc(-c2cccc(-c3ccccc3)c2)c1. The smallest absolute Gasteiger partial charge is 0.186 e. The van der Waals surface area contributed by atoms with Crippen LogP contribution < -0.4 is 0 Å². The molecule has 8 aromatic rings. The maximum atomic E-state index is 13.9. The quantitative estimate of drug-likeness (QED) is 0.111. The maximum absolute atomic E-state index is 13.9. The van der Waals surface area contributed by atoms with Crippen LogP contribution in [0.25, 0.3) is 72.8 Å². The van der Waals surface area contributed by atoms with Gasteiger partial charge in [-0.2, -0.15) is 0 Å². The summed E-state index contributed by atoms with van der Waals surface area (Å²) in [6, 6.07) is 71.4. The molecule has 0 aromatic heterocycles. The van der Waals surface area contributed by atoms with E-state index in [4.69, 9.17) is 0 Å². The van der Waals surface area contributed by atoms with Gasteiger partial charge in [0.1, 0.15) is 0 Å². The van der Waals surface area contributed by atoms with Gasteiger partial charge < -0.3 is 0 Å². The van der Waals surface area contributed by atoms with E-state index in [1.54, 1.807) is 6.08 Å². The Labute approximate surface area is 305 Å². The molecule has 0 aliphatic carbocycles. The van der Waals surface area contributed by atoms with Crippen molar-refractivity contribution >= 4 is 11.9 Å². The zero-order chi connectivity index (χ0) is 35.1. The second-order valence-electron chi connectivity index (χ2n) is 12.9. The summed E-state index contributed by atoms with van der Waals surface area (Å²) in [6.07, 6.45) is 3.65. The van der Waals surface area contributed by atoms with Crippen LogP contribution in [0.15, 0.2) is 212 Å². The molecule has 1 nitrogen and oxygen atoms in total. The molecule has 0 saturated heterocycles. The van der Waals surface area contributed by atoms with Gasteiger partial charge in [0.2, 0.25) is 0 Å². The average Bonchev–Trinajstić information content (AvgIpc) is 3.24. The molecule has 0 aliphatic rings. The van der Waals surface area contributed by atoms with Gasteiger partial charge in [0.05, 0.1) is 0 Å². The normalized spacial score (nSPS) is 11.1. The molecule has 0 bridgehead atoms. The van der Waals surface area contributed by atoms with E-state index in [-0.39, 0.29) is 5.78 Å². The fraction of sp³-hybridized carbons (Fsp3) is 0. The van der Waals surface area contributed by atoms with Crippen LogP contribution in [0.5, 0.6) is 0 Å². The summed E-state index contributed by atoms with van der Waals surface area (Å²) in [7, 11) is 0. The lowest BCUT2D eigenvalue weighted by Crippen LogP contribution is -1.98. The Hall–Kier alpha value is -6.83. The summed E-state index contributed by atoms with van der Waals surface area (Å²) in [5.74, 6) is -0.0339. The minimum absolute atomic E-state index is 0.0339. The number of allylic oxidation sites excluding steroid dienone is 1. The monoisotopic (exact) mass is 664 g/mol. The van der Waals surface area contributed by atoms with E-state index < -0.39 is 0 Å². The number of ketones is 1. The minimum Gasteiger partial charge on any atom is -0.289 e. The van der Waals surface area contributed by atoms with Crippen molar-refractivity contribution in [2.24, 2.45) is 0 Å². The number of rotatable bonds is 9. The van der Waals surface area contributed by atoms with Crippen molar-refractivity contribution in [2.45, 2.75) is 0 Å². The van der Waals surface area contributed by atoms with Gasteiger partial charge in [0.15, 0.2) is 5.78 Å². The third kappa shape index (κ3) is 7.07. The predicted molar refractivity (Wildman–Crippen MR) is 219 cm³/mol. The molecule has 246 valence electrons. The first-order valence-electron chi connectivity index (χ1n) is 17.6. The number of carbonyl (C=O) groups excluding carboxylic acids is 1. The highest BCUT2D eigenvalue weighted by Crippen LogP contribution is 2.33. The number of carbonyl (C=O) groups is 1. The van der Waals surface area contributed by atoms with Gasteiger partial charge in [0, 0.05) is 5.56 Å². The molecule has 0 saturated carbocycles. The molecule has 52 heavy (non-hydrogen) atoms. The van der Waals surface area contributed by atoms with Crippen LogP contribution in [0.1, 0.15) is 15.9 Å². The molecule has 0 atom stereocenters. The summed E-state index contributed by atoms with van der Waals surface area (Å²) in [5.41, 5.74) is 15.1. The molecule has 8 aromatic carbocycles. The molecule has 0 heterocycles. The highest BCUT2D eigenvalue weighted by molar-refractivity contribution is 6.11. The lowest BCUT2D eigenvalue weighted by Gasteiger charge is -2.11. The molecule has 0 fully saturated rings. The van der Waals surface area contributed by atoms with Crippen molar-refractivity contribution in [3.05, 3.63) is 223 Å². The molecule has 0 radical (unpaired) electrons. The molecular formula is C51H36O. The summed E-state index contributed by atoms with van der Waals surface area (Å²) in [4.78, 5) is 13.9. The van der Waals surface area contributed by atoms with Gasteiger partial charge in [-0.3, -0.25) is 4.79 Å². The van der Waals surface area contributed by atoms with Gasteiger partial charge in [-0.15, -0.1) is 0 Å². The third-order valence-electron chi connectivity index (χ3n) is 9.52. The number of hydrogen-bond donors (Lipinski definition) is 0. The lowest BCUT2D eigenvalue weighted by atomic mass is 9.92. The molecule has 0 N–H and O–H groups in total. The first-order valence-corrected chi connectivity index (χ1v) is 17.6. The second kappa shape index (κ2) is 15.0. The summed E-state index contributed by atoms with van der Waals surface area (Å²) in [5, 5.41) is 0. The minimum atomic E-state index is -0.0339. The van der Waals surface area contributed by atoms with Crippen molar-refractivity contribution in [2.75, 3.05) is 0 Å². The molecule has 1 heteroatoms. The van der Waals surface area contributed by atoms with Crippen LogP contribution in [0, 0.1) is 0 Å². The van der Waals surface area contributed by atoms with E-state index in [1.165, 1.54) is 22.3 Å². The van der Waals surface area contributed by atoms with E-state index in [9.17, 15) is 4.79 Å². The van der Waals surface area contributed by atoms with E-state index in [0.717, 1.165) is 50.1 Å². The number of hydrogen-bond acceptors (Lipinski definition) is 1. The Bertz CT molecular complexity index is 2520. The molecular weight excluding hydrogens is 629 g/mol. The fourth-order valence-electron chi connectivity index (χ4n) is 6.86. The van der Waals surface area contributed by atoms with Gasteiger partial charge in [-0.25, -0.2) is 0 Å². The van der Waals surface area contributed by atoms with Crippen LogP contribution in [0.4, 0.5) is 0 Å². The van der Waals surface area contributed by atoms with Crippen LogP contribution in [-0.2, 0) is 0 Å². The first kappa shape index (κ1) is 32.4. The molecule has 0 aliphatic heterocycles. The Morgan fingerprint density at radius 2 is 0.654 bits per heavy atom. The van der Waals surface area contributed by atoms with Crippen LogP contribution >= 0.6 is 0 Å². The Kier molecular flexibility index (Phi) is 9.32. The highest BCUT2D eigenvalue weighted by atomic mass is 16.1. The standard InChI is InChI=1S/C51H36O/c52-51(50-30-10-9-29-49(50)47-27-14-25-45(36-47)43-23-12-21-41(34-43)38-17-5-2-6-18-38)32-31-39-19-7-8-28-48(39)46-26-13-24-44(35-46)42-22-11-20-40(33-42)37-15-3-1-4-16-37/h1-36H/b32-31+. The Balaban J connectivity index is 1.07. The van der Waals surface area contributed by atoms with Gasteiger partial charge >= 0.3 is 0 Å². The molecule has 0 spiro atoms. The van der Waals surface area contributed by atoms with E-state index >= 15 is 0 Å². The highest BCUT2D eigenvalue weighted by Gasteiger charge is 2.13.